The van der Waals surface area contributed by atoms with Gasteiger partial charge in [-0.1, -0.05) is 48.0 Å². The monoisotopic (exact) mass is 536 g/mol. The van der Waals surface area contributed by atoms with E-state index in [-0.39, 0.29) is 29.5 Å². The van der Waals surface area contributed by atoms with Crippen LogP contribution in [0.4, 0.5) is 0 Å². The zero-order valence-corrected chi connectivity index (χ0v) is 21.8. The van der Waals surface area contributed by atoms with Gasteiger partial charge in [0, 0.05) is 19.0 Å². The molecule has 10 heteroatoms. The SMILES string of the molecule is CC(=O)OCCCNC(=O)/C(=C\c1ccc(OS(=O)(=O)c2ccc(C)cc2)cc1)NC(=O)c1ccccc1. The molecule has 0 spiro atoms. The molecule has 0 atom stereocenters. The van der Waals surface area contributed by atoms with Crippen molar-refractivity contribution >= 4 is 34.0 Å². The third-order valence-corrected chi connectivity index (χ3v) is 6.41. The molecule has 0 unspecified atom stereocenters. The van der Waals surface area contributed by atoms with Gasteiger partial charge in [0.1, 0.15) is 16.3 Å². The summed E-state index contributed by atoms with van der Waals surface area (Å²) in [7, 11) is -4.01. The first-order valence-corrected chi connectivity index (χ1v) is 13.2. The summed E-state index contributed by atoms with van der Waals surface area (Å²) in [6, 6.07) is 20.7. The highest BCUT2D eigenvalue weighted by atomic mass is 32.2. The van der Waals surface area contributed by atoms with Crippen molar-refractivity contribution in [1.29, 1.82) is 0 Å². The Morgan fingerprint density at radius 1 is 0.895 bits per heavy atom. The van der Waals surface area contributed by atoms with Crippen molar-refractivity contribution in [3.05, 3.63) is 101 Å². The molecule has 0 heterocycles. The summed E-state index contributed by atoms with van der Waals surface area (Å²) in [6.45, 7) is 3.52. The maximum absolute atomic E-state index is 12.8. The van der Waals surface area contributed by atoms with Crippen LogP contribution in [0.15, 0.2) is 89.5 Å². The molecule has 0 aliphatic rings. The Morgan fingerprint density at radius 3 is 2.18 bits per heavy atom. The maximum atomic E-state index is 12.8. The minimum atomic E-state index is -4.01. The molecule has 38 heavy (non-hydrogen) atoms. The van der Waals surface area contributed by atoms with E-state index < -0.39 is 27.9 Å². The molecular formula is C28H28N2O7S. The number of carbonyl (C=O) groups excluding carboxylic acids is 3. The van der Waals surface area contributed by atoms with E-state index in [9.17, 15) is 22.8 Å². The Bertz CT molecular complexity index is 1400. The molecular weight excluding hydrogens is 508 g/mol. The van der Waals surface area contributed by atoms with Crippen molar-refractivity contribution in [3.63, 3.8) is 0 Å². The maximum Gasteiger partial charge on any atom is 0.339 e. The Labute approximate surface area is 221 Å². The van der Waals surface area contributed by atoms with E-state index in [1.807, 2.05) is 6.92 Å². The second-order valence-electron chi connectivity index (χ2n) is 8.25. The third kappa shape index (κ3) is 8.59. The quantitative estimate of drug-likeness (QED) is 0.166. The predicted octanol–water partition coefficient (Wildman–Crippen LogP) is 3.60. The average molecular weight is 537 g/mol. The van der Waals surface area contributed by atoms with Crippen LogP contribution in [0.25, 0.3) is 6.08 Å². The van der Waals surface area contributed by atoms with Crippen LogP contribution >= 0.6 is 0 Å². The number of aryl methyl sites for hydroxylation is 1. The lowest BCUT2D eigenvalue weighted by atomic mass is 10.1. The summed E-state index contributed by atoms with van der Waals surface area (Å²) in [5.74, 6) is -1.34. The van der Waals surface area contributed by atoms with Gasteiger partial charge in [0.2, 0.25) is 0 Å². The molecule has 3 aromatic carbocycles. The van der Waals surface area contributed by atoms with Crippen LogP contribution in [0.3, 0.4) is 0 Å². The molecule has 0 bridgehead atoms. The first-order valence-electron chi connectivity index (χ1n) is 11.7. The van der Waals surface area contributed by atoms with Crippen LogP contribution in [0.5, 0.6) is 5.75 Å². The van der Waals surface area contributed by atoms with Gasteiger partial charge >= 0.3 is 16.1 Å². The van der Waals surface area contributed by atoms with Crippen molar-refractivity contribution in [2.24, 2.45) is 0 Å². The molecule has 0 fully saturated rings. The Morgan fingerprint density at radius 2 is 1.55 bits per heavy atom. The molecule has 0 radical (unpaired) electrons. The number of benzene rings is 3. The van der Waals surface area contributed by atoms with E-state index in [2.05, 4.69) is 10.6 Å². The zero-order chi connectivity index (χ0) is 27.5. The van der Waals surface area contributed by atoms with Crippen LogP contribution in [-0.2, 0) is 24.4 Å². The molecule has 198 valence electrons. The summed E-state index contributed by atoms with van der Waals surface area (Å²) >= 11 is 0. The normalized spacial score (nSPS) is 11.4. The van der Waals surface area contributed by atoms with E-state index in [0.717, 1.165) is 5.56 Å². The van der Waals surface area contributed by atoms with Crippen LogP contribution in [0, 0.1) is 6.92 Å². The van der Waals surface area contributed by atoms with Gasteiger partial charge in [-0.15, -0.1) is 0 Å². The number of hydrogen-bond acceptors (Lipinski definition) is 7. The minimum absolute atomic E-state index is 0.0210. The molecule has 0 saturated heterocycles. The highest BCUT2D eigenvalue weighted by Gasteiger charge is 2.17. The van der Waals surface area contributed by atoms with Gasteiger partial charge in [-0.3, -0.25) is 14.4 Å². The zero-order valence-electron chi connectivity index (χ0n) is 21.0. The van der Waals surface area contributed by atoms with E-state index in [1.54, 1.807) is 54.6 Å². The molecule has 0 aromatic heterocycles. The first kappa shape index (κ1) is 28.1. The fraction of sp³-hybridized carbons (Fsp3) is 0.179. The smallest absolute Gasteiger partial charge is 0.339 e. The number of nitrogens with one attached hydrogen (secondary N) is 2. The molecule has 0 saturated carbocycles. The number of ether oxygens (including phenoxy) is 1. The molecule has 9 nitrogen and oxygen atoms in total. The molecule has 2 N–H and O–H groups in total. The lowest BCUT2D eigenvalue weighted by Gasteiger charge is -2.12. The predicted molar refractivity (Wildman–Crippen MR) is 142 cm³/mol. The van der Waals surface area contributed by atoms with Crippen LogP contribution in [-0.4, -0.2) is 39.4 Å². The fourth-order valence-corrected chi connectivity index (χ4v) is 4.12. The molecule has 3 aromatic rings. The number of carbonyl (C=O) groups is 3. The largest absolute Gasteiger partial charge is 0.466 e. The van der Waals surface area contributed by atoms with Gasteiger partial charge in [0.25, 0.3) is 11.8 Å². The highest BCUT2D eigenvalue weighted by molar-refractivity contribution is 7.87. The van der Waals surface area contributed by atoms with Crippen LogP contribution in [0.2, 0.25) is 0 Å². The van der Waals surface area contributed by atoms with Gasteiger partial charge in [0.05, 0.1) is 6.61 Å². The number of hydrogen-bond donors (Lipinski definition) is 2. The van der Waals surface area contributed by atoms with Gasteiger partial charge in [-0.25, -0.2) is 0 Å². The minimum Gasteiger partial charge on any atom is -0.466 e. The summed E-state index contributed by atoms with van der Waals surface area (Å²) in [5.41, 5.74) is 1.78. The molecule has 3 rings (SSSR count). The van der Waals surface area contributed by atoms with Gasteiger partial charge in [0.15, 0.2) is 0 Å². The van der Waals surface area contributed by atoms with Crippen molar-refractivity contribution in [2.75, 3.05) is 13.2 Å². The van der Waals surface area contributed by atoms with Gasteiger partial charge in [-0.2, -0.15) is 8.42 Å². The number of rotatable bonds is 11. The summed E-state index contributed by atoms with van der Waals surface area (Å²) in [5, 5.41) is 5.30. The van der Waals surface area contributed by atoms with E-state index >= 15 is 0 Å². The summed E-state index contributed by atoms with van der Waals surface area (Å²) in [4.78, 5) is 36.4. The van der Waals surface area contributed by atoms with Gasteiger partial charge < -0.3 is 19.6 Å². The van der Waals surface area contributed by atoms with E-state index in [4.69, 9.17) is 8.92 Å². The second kappa shape index (κ2) is 13.2. The standard InChI is InChI=1S/C28H28N2O7S/c1-20-9-15-25(16-10-20)38(34,35)37-24-13-11-22(12-14-24)19-26(28(33)29-17-6-18-36-21(2)31)30-27(32)23-7-4-3-5-8-23/h3-5,7-16,19H,6,17-18H2,1-2H3,(H,29,33)(H,30,32)/b26-19+. The van der Waals surface area contributed by atoms with Crippen molar-refractivity contribution < 1.29 is 31.7 Å². The molecule has 2 amide bonds. The molecule has 0 aliphatic heterocycles. The molecule has 0 aliphatic carbocycles. The van der Waals surface area contributed by atoms with Crippen LogP contribution < -0.4 is 14.8 Å². The summed E-state index contributed by atoms with van der Waals surface area (Å²) in [6.07, 6.45) is 1.85. The topological polar surface area (TPSA) is 128 Å². The first-order chi connectivity index (χ1) is 18.1. The van der Waals surface area contributed by atoms with E-state index in [1.165, 1.54) is 37.3 Å². The van der Waals surface area contributed by atoms with Gasteiger partial charge in [-0.05, 0) is 61.4 Å². The Balaban J connectivity index is 1.75. The third-order valence-electron chi connectivity index (χ3n) is 5.15. The Kier molecular flexibility index (Phi) is 9.78. The van der Waals surface area contributed by atoms with Crippen LogP contribution in [0.1, 0.15) is 34.8 Å². The lowest BCUT2D eigenvalue weighted by molar-refractivity contribution is -0.141. The lowest BCUT2D eigenvalue weighted by Crippen LogP contribution is -2.35. The second-order valence-corrected chi connectivity index (χ2v) is 9.79. The Hall–Kier alpha value is -4.44. The van der Waals surface area contributed by atoms with Crippen molar-refractivity contribution in [1.82, 2.24) is 10.6 Å². The highest BCUT2D eigenvalue weighted by Crippen LogP contribution is 2.20. The van der Waals surface area contributed by atoms with E-state index in [0.29, 0.717) is 17.5 Å². The number of esters is 1. The summed E-state index contributed by atoms with van der Waals surface area (Å²) < 4.78 is 35.2. The fourth-order valence-electron chi connectivity index (χ4n) is 3.19. The number of amides is 2. The average Bonchev–Trinajstić information content (AvgIpc) is 2.89. The van der Waals surface area contributed by atoms with Crippen molar-refractivity contribution in [3.8, 4) is 5.75 Å². The van der Waals surface area contributed by atoms with Crippen molar-refractivity contribution in [2.45, 2.75) is 25.2 Å².